The molecule has 0 saturated heterocycles. The molecule has 1 N–H and O–H groups in total. The van der Waals surface area contributed by atoms with Crippen molar-refractivity contribution in [1.29, 1.82) is 0 Å². The highest BCUT2D eigenvalue weighted by Gasteiger charge is 2.89. The van der Waals surface area contributed by atoms with Crippen molar-refractivity contribution in [3.05, 3.63) is 0 Å². The largest absolute Gasteiger partial charge is 0.390 e. The van der Waals surface area contributed by atoms with Gasteiger partial charge in [-0.25, -0.2) is 0 Å². The Balaban J connectivity index is 5.45. The van der Waals surface area contributed by atoms with Crippen LogP contribution in [0.5, 0.6) is 0 Å². The van der Waals surface area contributed by atoms with Crippen molar-refractivity contribution in [2.45, 2.75) is 74.6 Å². The van der Waals surface area contributed by atoms with Gasteiger partial charge in [0.25, 0.3) is 0 Å². The fraction of sp³-hybridized carbons (Fsp3) is 1.00. The number of rotatable bonds is 14. The summed E-state index contributed by atoms with van der Waals surface area (Å²) >= 11 is 0. The monoisotopic (exact) mass is 460 g/mol. The highest BCUT2D eigenvalue weighted by atomic mass is 19.4. The summed E-state index contributed by atoms with van der Waals surface area (Å²) in [5, 5.41) is 7.98. The van der Waals surface area contributed by atoms with Crippen LogP contribution in [-0.2, 0) is 4.74 Å². The summed E-state index contributed by atoms with van der Waals surface area (Å²) in [5.74, 6) is -42.2. The predicted octanol–water partition coefficient (Wildman–Crippen LogP) is 5.78. The lowest BCUT2D eigenvalue weighted by molar-refractivity contribution is -0.428. The lowest BCUT2D eigenvalue weighted by Crippen LogP contribution is -2.71. The fourth-order valence-electron chi connectivity index (χ4n) is 2.05. The van der Waals surface area contributed by atoms with E-state index in [4.69, 9.17) is 5.11 Å². The van der Waals surface area contributed by atoms with Crippen molar-refractivity contribution in [2.24, 2.45) is 0 Å². The number of halogens is 12. The van der Waals surface area contributed by atoms with Crippen LogP contribution in [-0.4, -0.2) is 60.5 Å². The van der Waals surface area contributed by atoms with Gasteiger partial charge in [-0.15, -0.1) is 0 Å². The molecular formula is C15H20F12O2. The van der Waals surface area contributed by atoms with Crippen LogP contribution in [0, 0.1) is 0 Å². The molecule has 0 unspecified atom stereocenters. The van der Waals surface area contributed by atoms with Crippen molar-refractivity contribution in [1.82, 2.24) is 0 Å². The van der Waals surface area contributed by atoms with E-state index in [0.29, 0.717) is 12.8 Å². The summed E-state index contributed by atoms with van der Waals surface area (Å²) in [4.78, 5) is 0. The lowest BCUT2D eigenvalue weighted by Gasteiger charge is -2.40. The first-order valence-electron chi connectivity index (χ1n) is 8.33. The third-order valence-electron chi connectivity index (χ3n) is 3.98. The van der Waals surface area contributed by atoms with E-state index in [1.807, 2.05) is 6.92 Å². The first-order chi connectivity index (χ1) is 12.9. The van der Waals surface area contributed by atoms with Crippen LogP contribution >= 0.6 is 0 Å². The maximum atomic E-state index is 13.5. The molecule has 14 heteroatoms. The number of unbranched alkanes of at least 4 members (excludes halogenated alkanes) is 4. The topological polar surface area (TPSA) is 29.5 Å². The van der Waals surface area contributed by atoms with Gasteiger partial charge >= 0.3 is 35.5 Å². The summed E-state index contributed by atoms with van der Waals surface area (Å²) in [5.41, 5.74) is 0. The Bertz CT molecular complexity index is 508. The second kappa shape index (κ2) is 9.48. The molecular weight excluding hydrogens is 440 g/mol. The Morgan fingerprint density at radius 3 is 1.41 bits per heavy atom. The van der Waals surface area contributed by atoms with Crippen molar-refractivity contribution >= 4 is 0 Å². The van der Waals surface area contributed by atoms with Gasteiger partial charge in [0, 0.05) is 6.61 Å². The van der Waals surface area contributed by atoms with Gasteiger partial charge < -0.3 is 9.84 Å². The Morgan fingerprint density at radius 1 is 0.586 bits per heavy atom. The molecule has 0 aromatic rings. The van der Waals surface area contributed by atoms with E-state index < -0.39 is 55.4 Å². The number of ether oxygens (including phenoxy) is 1. The van der Waals surface area contributed by atoms with Gasteiger partial charge in [0.05, 0.1) is 0 Å². The Labute approximate surface area is 158 Å². The summed E-state index contributed by atoms with van der Waals surface area (Å²) in [6.45, 7) is -4.47. The minimum Gasteiger partial charge on any atom is -0.390 e. The van der Waals surface area contributed by atoms with E-state index in [-0.39, 0.29) is 6.42 Å². The SMILES string of the molecule is CCCCCCCOCC(F)(F)C(F)(F)C(F)(F)C(F)(F)C(F)(F)C(F)(F)CO. The molecule has 0 aromatic heterocycles. The van der Waals surface area contributed by atoms with Gasteiger partial charge in [-0.2, -0.15) is 52.7 Å². The van der Waals surface area contributed by atoms with E-state index >= 15 is 0 Å². The van der Waals surface area contributed by atoms with Gasteiger partial charge in [-0.05, 0) is 6.42 Å². The molecule has 2 nitrogen and oxygen atoms in total. The van der Waals surface area contributed by atoms with E-state index in [2.05, 4.69) is 4.74 Å². The van der Waals surface area contributed by atoms with Crippen LogP contribution in [0.1, 0.15) is 39.0 Å². The average molecular weight is 460 g/mol. The van der Waals surface area contributed by atoms with Gasteiger partial charge in [0.15, 0.2) is 0 Å². The van der Waals surface area contributed by atoms with Crippen LogP contribution in [0.3, 0.4) is 0 Å². The van der Waals surface area contributed by atoms with Gasteiger partial charge in [-0.1, -0.05) is 32.6 Å². The molecule has 0 amide bonds. The molecule has 0 fully saturated rings. The summed E-state index contributed by atoms with van der Waals surface area (Å²) < 4.78 is 163. The van der Waals surface area contributed by atoms with Crippen molar-refractivity contribution in [3.8, 4) is 0 Å². The van der Waals surface area contributed by atoms with E-state index in [1.165, 1.54) is 0 Å². The molecule has 0 aliphatic carbocycles. The molecule has 0 aromatic carbocycles. The molecule has 0 aliphatic rings. The minimum atomic E-state index is -7.65. The molecule has 29 heavy (non-hydrogen) atoms. The second-order valence-electron chi connectivity index (χ2n) is 6.33. The average Bonchev–Trinajstić information content (AvgIpc) is 2.59. The van der Waals surface area contributed by atoms with Crippen LogP contribution in [0.25, 0.3) is 0 Å². The molecule has 0 radical (unpaired) electrons. The van der Waals surface area contributed by atoms with Crippen LogP contribution in [0.15, 0.2) is 0 Å². The Morgan fingerprint density at radius 2 is 1.00 bits per heavy atom. The van der Waals surface area contributed by atoms with E-state index in [0.717, 1.165) is 12.8 Å². The van der Waals surface area contributed by atoms with Crippen molar-refractivity contribution in [2.75, 3.05) is 19.8 Å². The van der Waals surface area contributed by atoms with Gasteiger partial charge in [-0.3, -0.25) is 0 Å². The second-order valence-corrected chi connectivity index (χ2v) is 6.33. The van der Waals surface area contributed by atoms with Crippen LogP contribution in [0.4, 0.5) is 52.7 Å². The maximum absolute atomic E-state index is 13.5. The first kappa shape index (κ1) is 28.1. The Kier molecular flexibility index (Phi) is 9.18. The van der Waals surface area contributed by atoms with Crippen molar-refractivity contribution < 1.29 is 62.5 Å². The van der Waals surface area contributed by atoms with Crippen LogP contribution in [0.2, 0.25) is 0 Å². The number of alkyl halides is 12. The fourth-order valence-corrected chi connectivity index (χ4v) is 2.05. The zero-order chi connectivity index (χ0) is 23.4. The molecule has 0 atom stereocenters. The quantitative estimate of drug-likeness (QED) is 0.263. The summed E-state index contributed by atoms with van der Waals surface area (Å²) in [7, 11) is 0. The number of hydrogen-bond acceptors (Lipinski definition) is 2. The number of hydrogen-bond donors (Lipinski definition) is 1. The molecule has 0 rings (SSSR count). The normalized spacial score (nSPS) is 15.1. The third kappa shape index (κ3) is 5.23. The predicted molar refractivity (Wildman–Crippen MR) is 76.3 cm³/mol. The molecule has 0 aliphatic heterocycles. The van der Waals surface area contributed by atoms with E-state index in [1.54, 1.807) is 0 Å². The number of aliphatic hydroxyl groups is 1. The zero-order valence-corrected chi connectivity index (χ0v) is 15.0. The maximum Gasteiger partial charge on any atom is 0.384 e. The van der Waals surface area contributed by atoms with E-state index in [9.17, 15) is 52.7 Å². The van der Waals surface area contributed by atoms with Crippen LogP contribution < -0.4 is 0 Å². The number of aliphatic hydroxyl groups excluding tert-OH is 1. The highest BCUT2D eigenvalue weighted by molar-refractivity contribution is 5.11. The Hall–Kier alpha value is -0.920. The standard InChI is InChI=1S/C15H20F12O2/c1-2-3-4-5-6-7-29-9-11(18,19)13(22,23)15(26,27)14(24,25)12(20,21)10(16,17)8-28/h28H,2-9H2,1H3. The van der Waals surface area contributed by atoms with Gasteiger partial charge in [0.2, 0.25) is 0 Å². The molecule has 0 heterocycles. The molecule has 0 saturated carbocycles. The highest BCUT2D eigenvalue weighted by Crippen LogP contribution is 2.59. The summed E-state index contributed by atoms with van der Waals surface area (Å²) in [6, 6.07) is 0. The summed E-state index contributed by atoms with van der Waals surface area (Å²) in [6.07, 6.45) is 2.60. The lowest BCUT2D eigenvalue weighted by atomic mass is 9.91. The van der Waals surface area contributed by atoms with Gasteiger partial charge in [0.1, 0.15) is 13.2 Å². The third-order valence-corrected chi connectivity index (χ3v) is 3.98. The zero-order valence-electron chi connectivity index (χ0n) is 15.0. The molecule has 0 bridgehead atoms. The minimum absolute atomic E-state index is 0.0367. The first-order valence-corrected chi connectivity index (χ1v) is 8.33. The smallest absolute Gasteiger partial charge is 0.384 e. The molecule has 0 spiro atoms. The molecule has 176 valence electrons. The van der Waals surface area contributed by atoms with Crippen molar-refractivity contribution in [3.63, 3.8) is 0 Å².